The van der Waals surface area contributed by atoms with Crippen LogP contribution >= 0.6 is 11.8 Å². The number of hydrogen-bond donors (Lipinski definition) is 3. The fourth-order valence-corrected chi connectivity index (χ4v) is 3.38. The van der Waals surface area contributed by atoms with E-state index < -0.39 is 11.3 Å². The third-order valence-corrected chi connectivity index (χ3v) is 4.65. The van der Waals surface area contributed by atoms with Crippen molar-refractivity contribution in [2.45, 2.75) is 17.3 Å². The van der Waals surface area contributed by atoms with Gasteiger partial charge in [-0.3, -0.25) is 10.1 Å². The second-order valence-electron chi connectivity index (χ2n) is 5.32. The predicted octanol–water partition coefficient (Wildman–Crippen LogP) is 3.24. The summed E-state index contributed by atoms with van der Waals surface area (Å²) in [6.45, 7) is 2.24. The standard InChI is InChI=1S/C18H18N4O2S/c1-2-19-17(24)22-16(23)15(12-8-4-3-5-9-12)25-18-20-13-10-6-7-11-14(13)21-18/h3-11,15H,2H2,1H3,(H,20,21)(H2,19,22,23,24)/t15-/m1/s1. The molecule has 6 nitrogen and oxygen atoms in total. The summed E-state index contributed by atoms with van der Waals surface area (Å²) in [5.74, 6) is -0.386. The van der Waals surface area contributed by atoms with E-state index >= 15 is 0 Å². The van der Waals surface area contributed by atoms with Crippen LogP contribution in [0.5, 0.6) is 0 Å². The van der Waals surface area contributed by atoms with Crippen molar-refractivity contribution in [3.63, 3.8) is 0 Å². The topological polar surface area (TPSA) is 86.9 Å². The van der Waals surface area contributed by atoms with Gasteiger partial charge in [0.2, 0.25) is 5.91 Å². The second-order valence-corrected chi connectivity index (χ2v) is 6.41. The Morgan fingerprint density at radius 1 is 1.12 bits per heavy atom. The Balaban J connectivity index is 1.85. The SMILES string of the molecule is CCNC(=O)NC(=O)[C@H](Sc1nc2ccccc2[nH]1)c1ccccc1. The van der Waals surface area contributed by atoms with Crippen molar-refractivity contribution in [1.82, 2.24) is 20.6 Å². The van der Waals surface area contributed by atoms with E-state index in [1.165, 1.54) is 11.8 Å². The highest BCUT2D eigenvalue weighted by Crippen LogP contribution is 2.34. The quantitative estimate of drug-likeness (QED) is 0.614. The molecule has 0 bridgehead atoms. The number of imide groups is 1. The molecule has 3 aromatic rings. The molecule has 128 valence electrons. The molecule has 0 aliphatic heterocycles. The van der Waals surface area contributed by atoms with Crippen LogP contribution in [-0.4, -0.2) is 28.5 Å². The van der Waals surface area contributed by atoms with Gasteiger partial charge in [-0.1, -0.05) is 54.2 Å². The van der Waals surface area contributed by atoms with Crippen molar-refractivity contribution in [2.24, 2.45) is 0 Å². The molecule has 1 heterocycles. The highest BCUT2D eigenvalue weighted by molar-refractivity contribution is 8.00. The van der Waals surface area contributed by atoms with Gasteiger partial charge in [-0.2, -0.15) is 0 Å². The monoisotopic (exact) mass is 354 g/mol. The molecule has 0 fully saturated rings. The number of thioether (sulfide) groups is 1. The summed E-state index contributed by atoms with van der Waals surface area (Å²) < 4.78 is 0. The lowest BCUT2D eigenvalue weighted by Crippen LogP contribution is -2.41. The van der Waals surface area contributed by atoms with Crippen LogP contribution in [0.2, 0.25) is 0 Å². The van der Waals surface area contributed by atoms with Gasteiger partial charge >= 0.3 is 6.03 Å². The van der Waals surface area contributed by atoms with E-state index in [4.69, 9.17) is 0 Å². The van der Waals surface area contributed by atoms with Gasteiger partial charge in [0.15, 0.2) is 5.16 Å². The Bertz CT molecular complexity index is 846. The molecule has 0 radical (unpaired) electrons. The van der Waals surface area contributed by atoms with Gasteiger partial charge in [0.1, 0.15) is 5.25 Å². The minimum absolute atomic E-state index is 0.386. The third-order valence-electron chi connectivity index (χ3n) is 3.51. The molecule has 25 heavy (non-hydrogen) atoms. The fourth-order valence-electron chi connectivity index (χ4n) is 2.38. The predicted molar refractivity (Wildman–Crippen MR) is 98.3 cm³/mol. The van der Waals surface area contributed by atoms with E-state index in [0.29, 0.717) is 11.7 Å². The Kier molecular flexibility index (Phi) is 5.35. The smallest absolute Gasteiger partial charge is 0.321 e. The first-order chi connectivity index (χ1) is 12.2. The average molecular weight is 354 g/mol. The fraction of sp³-hybridized carbons (Fsp3) is 0.167. The number of rotatable bonds is 5. The molecular formula is C18H18N4O2S. The molecule has 1 aromatic heterocycles. The number of hydrogen-bond acceptors (Lipinski definition) is 4. The molecule has 7 heteroatoms. The Labute approximate surface area is 149 Å². The number of aromatic amines is 1. The highest BCUT2D eigenvalue weighted by atomic mass is 32.2. The summed E-state index contributed by atoms with van der Waals surface area (Å²) in [6, 6.07) is 16.5. The lowest BCUT2D eigenvalue weighted by molar-refractivity contribution is -0.119. The summed E-state index contributed by atoms with van der Waals surface area (Å²) in [5, 5.41) is 4.98. The average Bonchev–Trinajstić information content (AvgIpc) is 3.03. The molecule has 0 unspecified atom stereocenters. The maximum absolute atomic E-state index is 12.6. The molecule has 0 spiro atoms. The Hall–Kier alpha value is -2.80. The van der Waals surface area contributed by atoms with Crippen molar-refractivity contribution in [2.75, 3.05) is 6.54 Å². The normalized spacial score (nSPS) is 11.9. The highest BCUT2D eigenvalue weighted by Gasteiger charge is 2.25. The van der Waals surface area contributed by atoms with Crippen LogP contribution in [0.3, 0.4) is 0 Å². The molecule has 3 N–H and O–H groups in total. The lowest BCUT2D eigenvalue weighted by atomic mass is 10.1. The molecule has 3 rings (SSSR count). The summed E-state index contributed by atoms with van der Waals surface area (Å²) in [6.07, 6.45) is 0. The molecule has 0 aliphatic rings. The molecule has 0 saturated carbocycles. The van der Waals surface area contributed by atoms with Crippen molar-refractivity contribution in [3.05, 3.63) is 60.2 Å². The zero-order chi connectivity index (χ0) is 17.6. The van der Waals surface area contributed by atoms with Crippen LogP contribution in [0.25, 0.3) is 11.0 Å². The number of fused-ring (bicyclic) bond motifs is 1. The van der Waals surface area contributed by atoms with E-state index in [9.17, 15) is 9.59 Å². The Morgan fingerprint density at radius 2 is 1.84 bits per heavy atom. The van der Waals surface area contributed by atoms with Crippen molar-refractivity contribution >= 4 is 34.7 Å². The van der Waals surface area contributed by atoms with Gasteiger partial charge in [-0.25, -0.2) is 9.78 Å². The van der Waals surface area contributed by atoms with Gasteiger partial charge in [0.25, 0.3) is 0 Å². The maximum atomic E-state index is 12.6. The number of amides is 3. The van der Waals surface area contributed by atoms with Crippen LogP contribution < -0.4 is 10.6 Å². The van der Waals surface area contributed by atoms with E-state index in [-0.39, 0.29) is 5.91 Å². The van der Waals surface area contributed by atoms with E-state index in [2.05, 4.69) is 20.6 Å². The van der Waals surface area contributed by atoms with Crippen molar-refractivity contribution in [3.8, 4) is 0 Å². The number of urea groups is 1. The number of carbonyl (C=O) groups excluding carboxylic acids is 2. The number of H-pyrrole nitrogens is 1. The molecule has 3 amide bonds. The number of aromatic nitrogens is 2. The van der Waals surface area contributed by atoms with Crippen molar-refractivity contribution in [1.29, 1.82) is 0 Å². The van der Waals surface area contributed by atoms with Gasteiger partial charge in [-0.15, -0.1) is 0 Å². The van der Waals surface area contributed by atoms with E-state index in [1.807, 2.05) is 54.6 Å². The minimum atomic E-state index is -0.593. The number of nitrogens with zero attached hydrogens (tertiary/aromatic N) is 1. The summed E-state index contributed by atoms with van der Waals surface area (Å²) in [5.41, 5.74) is 2.54. The maximum Gasteiger partial charge on any atom is 0.321 e. The minimum Gasteiger partial charge on any atom is -0.338 e. The second kappa shape index (κ2) is 7.85. The van der Waals surface area contributed by atoms with E-state index in [0.717, 1.165) is 16.6 Å². The van der Waals surface area contributed by atoms with Crippen molar-refractivity contribution < 1.29 is 9.59 Å². The van der Waals surface area contributed by atoms with Crippen LogP contribution in [0, 0.1) is 0 Å². The first-order valence-electron chi connectivity index (χ1n) is 7.92. The summed E-state index contributed by atoms with van der Waals surface area (Å²) in [7, 11) is 0. The van der Waals surface area contributed by atoms with Crippen LogP contribution in [-0.2, 0) is 4.79 Å². The number of benzene rings is 2. The molecule has 0 aliphatic carbocycles. The third kappa shape index (κ3) is 4.19. The number of para-hydroxylation sites is 2. The first kappa shape index (κ1) is 17.0. The largest absolute Gasteiger partial charge is 0.338 e. The van der Waals surface area contributed by atoms with Crippen LogP contribution in [0.15, 0.2) is 59.8 Å². The van der Waals surface area contributed by atoms with Crippen LogP contribution in [0.1, 0.15) is 17.7 Å². The summed E-state index contributed by atoms with van der Waals surface area (Å²) >= 11 is 1.28. The molecular weight excluding hydrogens is 336 g/mol. The van der Waals surface area contributed by atoms with Gasteiger partial charge in [0.05, 0.1) is 11.0 Å². The van der Waals surface area contributed by atoms with Gasteiger partial charge in [0, 0.05) is 6.54 Å². The van der Waals surface area contributed by atoms with Crippen LogP contribution in [0.4, 0.5) is 4.79 Å². The van der Waals surface area contributed by atoms with Gasteiger partial charge in [-0.05, 0) is 24.6 Å². The van der Waals surface area contributed by atoms with Gasteiger partial charge < -0.3 is 10.3 Å². The van der Waals surface area contributed by atoms with E-state index in [1.54, 1.807) is 6.92 Å². The zero-order valence-corrected chi connectivity index (χ0v) is 14.5. The zero-order valence-electron chi connectivity index (χ0n) is 13.7. The number of imidazole rings is 1. The lowest BCUT2D eigenvalue weighted by Gasteiger charge is -2.15. The molecule has 0 saturated heterocycles. The number of nitrogens with one attached hydrogen (secondary N) is 3. The number of carbonyl (C=O) groups is 2. The first-order valence-corrected chi connectivity index (χ1v) is 8.80. The molecule has 1 atom stereocenters. The Morgan fingerprint density at radius 3 is 2.56 bits per heavy atom. The summed E-state index contributed by atoms with van der Waals surface area (Å²) in [4.78, 5) is 32.0. The molecule has 2 aromatic carbocycles.